The first-order valence-electron chi connectivity index (χ1n) is 5.52. The maximum Gasteiger partial charge on any atom is 0.0720 e. The highest BCUT2D eigenvalue weighted by atomic mass is 16.5. The summed E-state index contributed by atoms with van der Waals surface area (Å²) in [4.78, 5) is 0. The summed E-state index contributed by atoms with van der Waals surface area (Å²) in [5.74, 6) is 0.749. The summed E-state index contributed by atoms with van der Waals surface area (Å²) in [7, 11) is 0. The van der Waals surface area contributed by atoms with Crippen molar-refractivity contribution < 1.29 is 4.74 Å². The second-order valence-electron chi connectivity index (χ2n) is 4.24. The van der Waals surface area contributed by atoms with Crippen molar-refractivity contribution in [2.75, 3.05) is 0 Å². The molecule has 0 N–H and O–H groups in total. The highest BCUT2D eigenvalue weighted by Crippen LogP contribution is 2.28. The average molecular weight is 190 g/mol. The number of hydrogen-bond acceptors (Lipinski definition) is 1. The molecule has 1 nitrogen and oxygen atoms in total. The van der Waals surface area contributed by atoms with E-state index in [0.717, 1.165) is 12.5 Å². The summed E-state index contributed by atoms with van der Waals surface area (Å²) >= 11 is 0. The van der Waals surface area contributed by atoms with Crippen LogP contribution >= 0.6 is 0 Å². The van der Waals surface area contributed by atoms with Gasteiger partial charge in [0.2, 0.25) is 0 Å². The van der Waals surface area contributed by atoms with E-state index in [1.54, 1.807) is 0 Å². The number of hydrogen-bond donors (Lipinski definition) is 0. The topological polar surface area (TPSA) is 9.23 Å². The molecule has 2 rings (SSSR count). The summed E-state index contributed by atoms with van der Waals surface area (Å²) in [5.41, 5.74) is 1.28. The van der Waals surface area contributed by atoms with Crippen LogP contribution in [-0.4, -0.2) is 6.10 Å². The van der Waals surface area contributed by atoms with Crippen molar-refractivity contribution in [3.8, 4) is 0 Å². The first-order valence-corrected chi connectivity index (χ1v) is 5.52. The Morgan fingerprint density at radius 1 is 1.21 bits per heavy atom. The molecule has 0 saturated heterocycles. The second-order valence-corrected chi connectivity index (χ2v) is 4.24. The van der Waals surface area contributed by atoms with E-state index in [1.165, 1.54) is 24.8 Å². The normalized spacial score (nSPS) is 26.6. The molecule has 0 radical (unpaired) electrons. The maximum atomic E-state index is 5.90. The van der Waals surface area contributed by atoms with Crippen LogP contribution in [0.3, 0.4) is 0 Å². The minimum absolute atomic E-state index is 0.496. The molecular formula is C13H18O. The van der Waals surface area contributed by atoms with Crippen LogP contribution in [0, 0.1) is 5.92 Å². The van der Waals surface area contributed by atoms with Crippen LogP contribution in [0.1, 0.15) is 31.7 Å². The van der Waals surface area contributed by atoms with E-state index in [2.05, 4.69) is 31.2 Å². The van der Waals surface area contributed by atoms with Gasteiger partial charge in [0.1, 0.15) is 0 Å². The van der Waals surface area contributed by atoms with Crippen LogP contribution in [0.15, 0.2) is 30.3 Å². The van der Waals surface area contributed by atoms with E-state index >= 15 is 0 Å². The molecule has 0 spiro atoms. The van der Waals surface area contributed by atoms with E-state index in [4.69, 9.17) is 4.74 Å². The third kappa shape index (κ3) is 2.36. The highest BCUT2D eigenvalue weighted by Gasteiger charge is 2.23. The SMILES string of the molecule is C[C@@H]1CCC[C@H]1OCc1ccccc1. The molecule has 14 heavy (non-hydrogen) atoms. The Morgan fingerprint density at radius 3 is 2.64 bits per heavy atom. The largest absolute Gasteiger partial charge is 0.373 e. The smallest absolute Gasteiger partial charge is 0.0720 e. The van der Waals surface area contributed by atoms with E-state index in [-0.39, 0.29) is 0 Å². The lowest BCUT2D eigenvalue weighted by molar-refractivity contribution is 0.0207. The molecule has 1 aromatic carbocycles. The molecule has 1 aliphatic carbocycles. The van der Waals surface area contributed by atoms with Crippen LogP contribution < -0.4 is 0 Å². The molecule has 1 saturated carbocycles. The van der Waals surface area contributed by atoms with Crippen LogP contribution in [0.4, 0.5) is 0 Å². The minimum Gasteiger partial charge on any atom is -0.373 e. The standard InChI is InChI=1S/C13H18O/c1-11-6-5-9-13(11)14-10-12-7-3-2-4-8-12/h2-4,7-8,11,13H,5-6,9-10H2,1H3/t11-,13-/m1/s1. The van der Waals surface area contributed by atoms with Crippen LogP contribution in [0.5, 0.6) is 0 Å². The zero-order chi connectivity index (χ0) is 9.80. The van der Waals surface area contributed by atoms with Gasteiger partial charge in [-0.1, -0.05) is 43.7 Å². The molecule has 0 aromatic heterocycles. The van der Waals surface area contributed by atoms with Crippen molar-refractivity contribution in [1.82, 2.24) is 0 Å². The quantitative estimate of drug-likeness (QED) is 0.710. The van der Waals surface area contributed by atoms with E-state index in [0.29, 0.717) is 6.10 Å². The maximum absolute atomic E-state index is 5.90. The molecule has 2 atom stereocenters. The summed E-state index contributed by atoms with van der Waals surface area (Å²) < 4.78 is 5.90. The fourth-order valence-electron chi connectivity index (χ4n) is 2.14. The predicted molar refractivity (Wildman–Crippen MR) is 58.0 cm³/mol. The van der Waals surface area contributed by atoms with Crippen LogP contribution in [0.2, 0.25) is 0 Å². The Morgan fingerprint density at radius 2 is 2.00 bits per heavy atom. The van der Waals surface area contributed by atoms with Gasteiger partial charge in [0.25, 0.3) is 0 Å². The van der Waals surface area contributed by atoms with E-state index in [9.17, 15) is 0 Å². The van der Waals surface area contributed by atoms with Crippen molar-refractivity contribution in [3.05, 3.63) is 35.9 Å². The van der Waals surface area contributed by atoms with Crippen LogP contribution in [-0.2, 0) is 11.3 Å². The van der Waals surface area contributed by atoms with Gasteiger partial charge in [-0.15, -0.1) is 0 Å². The third-order valence-corrected chi connectivity index (χ3v) is 3.09. The number of ether oxygens (including phenoxy) is 1. The molecule has 0 amide bonds. The lowest BCUT2D eigenvalue weighted by atomic mass is 10.1. The molecule has 1 aliphatic rings. The Labute approximate surface area is 86.1 Å². The minimum atomic E-state index is 0.496. The Hall–Kier alpha value is -0.820. The molecule has 76 valence electrons. The first kappa shape index (κ1) is 9.72. The molecule has 0 bridgehead atoms. The van der Waals surface area contributed by atoms with Gasteiger partial charge < -0.3 is 4.74 Å². The highest BCUT2D eigenvalue weighted by molar-refractivity contribution is 5.13. The molecule has 0 heterocycles. The Bertz CT molecular complexity index is 268. The molecule has 1 heteroatoms. The molecule has 1 fully saturated rings. The summed E-state index contributed by atoms with van der Waals surface area (Å²) in [6.45, 7) is 3.07. The van der Waals surface area contributed by atoms with Gasteiger partial charge in [-0.05, 0) is 24.3 Å². The third-order valence-electron chi connectivity index (χ3n) is 3.09. The Kier molecular flexibility index (Phi) is 3.20. The number of rotatable bonds is 3. The van der Waals surface area contributed by atoms with Crippen molar-refractivity contribution in [1.29, 1.82) is 0 Å². The van der Waals surface area contributed by atoms with Crippen molar-refractivity contribution in [2.45, 2.75) is 38.9 Å². The van der Waals surface area contributed by atoms with Crippen molar-refractivity contribution >= 4 is 0 Å². The fraction of sp³-hybridized carbons (Fsp3) is 0.538. The summed E-state index contributed by atoms with van der Waals surface area (Å²) in [6.07, 6.45) is 4.41. The van der Waals surface area contributed by atoms with Crippen LogP contribution in [0.25, 0.3) is 0 Å². The summed E-state index contributed by atoms with van der Waals surface area (Å²) in [5, 5.41) is 0. The average Bonchev–Trinajstić information content (AvgIpc) is 2.63. The lowest BCUT2D eigenvalue weighted by Gasteiger charge is -2.16. The van der Waals surface area contributed by atoms with E-state index < -0.39 is 0 Å². The van der Waals surface area contributed by atoms with Gasteiger partial charge in [-0.3, -0.25) is 0 Å². The molecule has 0 aliphatic heterocycles. The summed E-state index contributed by atoms with van der Waals surface area (Å²) in [6, 6.07) is 10.4. The zero-order valence-electron chi connectivity index (χ0n) is 8.78. The van der Waals surface area contributed by atoms with Crippen molar-refractivity contribution in [2.24, 2.45) is 5.92 Å². The van der Waals surface area contributed by atoms with Gasteiger partial charge in [-0.25, -0.2) is 0 Å². The number of benzene rings is 1. The van der Waals surface area contributed by atoms with Gasteiger partial charge in [0.15, 0.2) is 0 Å². The monoisotopic (exact) mass is 190 g/mol. The predicted octanol–water partition coefficient (Wildman–Crippen LogP) is 3.39. The van der Waals surface area contributed by atoms with Gasteiger partial charge in [0, 0.05) is 0 Å². The zero-order valence-corrected chi connectivity index (χ0v) is 8.78. The fourth-order valence-corrected chi connectivity index (χ4v) is 2.14. The Balaban J connectivity index is 1.82. The van der Waals surface area contributed by atoms with Gasteiger partial charge >= 0.3 is 0 Å². The van der Waals surface area contributed by atoms with Gasteiger partial charge in [0.05, 0.1) is 12.7 Å². The lowest BCUT2D eigenvalue weighted by Crippen LogP contribution is -2.15. The second kappa shape index (κ2) is 4.61. The first-order chi connectivity index (χ1) is 6.86. The molecule has 0 unspecified atom stereocenters. The van der Waals surface area contributed by atoms with Crippen molar-refractivity contribution in [3.63, 3.8) is 0 Å². The molecular weight excluding hydrogens is 172 g/mol. The molecule has 1 aromatic rings. The van der Waals surface area contributed by atoms with Gasteiger partial charge in [-0.2, -0.15) is 0 Å². The van der Waals surface area contributed by atoms with E-state index in [1.807, 2.05) is 6.07 Å².